The second-order valence-electron chi connectivity index (χ2n) is 7.19. The molecule has 0 bridgehead atoms. The molecule has 0 aromatic heterocycles. The monoisotopic (exact) mass is 476 g/mol. The lowest BCUT2D eigenvalue weighted by molar-refractivity contribution is -0.384. The highest BCUT2D eigenvalue weighted by Crippen LogP contribution is 2.23. The van der Waals surface area contributed by atoms with Crippen molar-refractivity contribution in [2.24, 2.45) is 0 Å². The highest BCUT2D eigenvalue weighted by molar-refractivity contribution is 6.34. The molecule has 2 rings (SSSR count). The molecule has 0 heterocycles. The number of rotatable bonds is 11. The van der Waals surface area contributed by atoms with Crippen LogP contribution in [0.2, 0.25) is 5.02 Å². The largest absolute Gasteiger partial charge is 0.385 e. The summed E-state index contributed by atoms with van der Waals surface area (Å²) in [5.74, 6) is -1.52. The molecular formula is C22H25ClN4O6. The molecule has 2 N–H and O–H groups in total. The summed E-state index contributed by atoms with van der Waals surface area (Å²) in [6.07, 6.45) is 0.452. The summed E-state index contributed by atoms with van der Waals surface area (Å²) in [5, 5.41) is 16.0. The van der Waals surface area contributed by atoms with E-state index in [1.165, 1.54) is 24.1 Å². The van der Waals surface area contributed by atoms with E-state index in [0.29, 0.717) is 18.7 Å². The lowest BCUT2D eigenvalue weighted by Gasteiger charge is -2.22. The number of non-ortho nitro benzene ring substituents is 1. The fourth-order valence-corrected chi connectivity index (χ4v) is 3.12. The molecular weight excluding hydrogens is 452 g/mol. The third kappa shape index (κ3) is 8.17. The molecule has 10 nitrogen and oxygen atoms in total. The van der Waals surface area contributed by atoms with Crippen LogP contribution in [0.15, 0.2) is 42.5 Å². The van der Waals surface area contributed by atoms with Gasteiger partial charge in [-0.25, -0.2) is 0 Å². The Morgan fingerprint density at radius 3 is 2.42 bits per heavy atom. The normalized spacial score (nSPS) is 10.4. The van der Waals surface area contributed by atoms with Crippen molar-refractivity contribution in [3.8, 4) is 0 Å². The van der Waals surface area contributed by atoms with Crippen LogP contribution in [-0.4, -0.2) is 60.9 Å². The van der Waals surface area contributed by atoms with Gasteiger partial charge in [-0.3, -0.25) is 24.5 Å². The van der Waals surface area contributed by atoms with Crippen LogP contribution in [0.25, 0.3) is 0 Å². The number of amides is 3. The Balaban J connectivity index is 2.00. The second kappa shape index (κ2) is 12.5. The fraction of sp³-hybridized carbons (Fsp3) is 0.318. The van der Waals surface area contributed by atoms with Crippen LogP contribution < -0.4 is 10.6 Å². The number of hydrogen-bond acceptors (Lipinski definition) is 6. The van der Waals surface area contributed by atoms with Gasteiger partial charge in [0, 0.05) is 38.1 Å². The quantitative estimate of drug-likeness (QED) is 0.291. The molecule has 0 unspecified atom stereocenters. The van der Waals surface area contributed by atoms with Crippen LogP contribution in [0.5, 0.6) is 0 Å². The van der Waals surface area contributed by atoms with Gasteiger partial charge in [-0.15, -0.1) is 0 Å². The van der Waals surface area contributed by atoms with Gasteiger partial charge in [0.05, 0.1) is 28.6 Å². The smallest absolute Gasteiger partial charge is 0.270 e. The van der Waals surface area contributed by atoms with Gasteiger partial charge in [-0.1, -0.05) is 29.3 Å². The van der Waals surface area contributed by atoms with E-state index < -0.39 is 22.6 Å². The molecule has 2 aromatic carbocycles. The van der Waals surface area contributed by atoms with Gasteiger partial charge < -0.3 is 20.3 Å². The maximum absolute atomic E-state index is 13.0. The number of nitrogens with one attached hydrogen (secondary N) is 2. The Kier molecular flexibility index (Phi) is 9.77. The minimum atomic E-state index is -0.619. The first-order chi connectivity index (χ1) is 15.7. The molecule has 33 heavy (non-hydrogen) atoms. The molecule has 0 fully saturated rings. The summed E-state index contributed by atoms with van der Waals surface area (Å²) < 4.78 is 5.00. The van der Waals surface area contributed by atoms with Crippen LogP contribution >= 0.6 is 11.6 Å². The molecule has 3 amide bonds. The van der Waals surface area contributed by atoms with E-state index in [1.807, 2.05) is 19.1 Å². The van der Waals surface area contributed by atoms with Crippen molar-refractivity contribution in [1.82, 2.24) is 10.2 Å². The summed E-state index contributed by atoms with van der Waals surface area (Å²) in [4.78, 5) is 49.0. The van der Waals surface area contributed by atoms with E-state index in [0.717, 1.165) is 11.6 Å². The molecule has 176 valence electrons. The summed E-state index contributed by atoms with van der Waals surface area (Å²) >= 11 is 6.07. The molecule has 0 saturated carbocycles. The van der Waals surface area contributed by atoms with Gasteiger partial charge in [-0.05, 0) is 31.5 Å². The summed E-state index contributed by atoms with van der Waals surface area (Å²) in [6, 6.07) is 10.7. The average molecular weight is 477 g/mol. The lowest BCUT2D eigenvalue weighted by Crippen LogP contribution is -2.43. The van der Waals surface area contributed by atoms with E-state index in [1.54, 1.807) is 12.1 Å². The first-order valence-electron chi connectivity index (χ1n) is 10.1. The van der Waals surface area contributed by atoms with Gasteiger partial charge in [0.1, 0.15) is 0 Å². The number of nitrogens with zero attached hydrogens (tertiary/aromatic N) is 2. The van der Waals surface area contributed by atoms with Gasteiger partial charge in [0.2, 0.25) is 11.8 Å². The fourth-order valence-electron chi connectivity index (χ4n) is 2.86. The molecule has 0 aliphatic rings. The number of carbonyl (C=O) groups excluding carboxylic acids is 3. The SMILES string of the molecule is COCCCN(CC(=O)NCC(=O)Nc1ccc(C)cc1)C(=O)c1ccc([N+](=O)[O-])cc1Cl. The van der Waals surface area contributed by atoms with E-state index >= 15 is 0 Å². The number of carbonyl (C=O) groups is 3. The summed E-state index contributed by atoms with van der Waals surface area (Å²) in [7, 11) is 1.51. The number of hydrogen-bond donors (Lipinski definition) is 2. The lowest BCUT2D eigenvalue weighted by atomic mass is 10.1. The summed E-state index contributed by atoms with van der Waals surface area (Å²) in [6.45, 7) is 1.87. The Labute approximate surface area is 196 Å². The Hall–Kier alpha value is -3.50. The third-order valence-corrected chi connectivity index (χ3v) is 4.89. The number of anilines is 1. The van der Waals surface area contributed by atoms with Gasteiger partial charge in [0.25, 0.3) is 11.6 Å². The zero-order valence-corrected chi connectivity index (χ0v) is 19.1. The van der Waals surface area contributed by atoms with E-state index in [-0.39, 0.29) is 35.9 Å². The number of nitro groups is 1. The zero-order valence-electron chi connectivity index (χ0n) is 18.3. The van der Waals surface area contributed by atoms with E-state index in [2.05, 4.69) is 10.6 Å². The van der Waals surface area contributed by atoms with Crippen molar-refractivity contribution in [3.63, 3.8) is 0 Å². The van der Waals surface area contributed by atoms with Crippen molar-refractivity contribution < 1.29 is 24.0 Å². The van der Waals surface area contributed by atoms with Crippen LogP contribution in [0.1, 0.15) is 22.3 Å². The highest BCUT2D eigenvalue weighted by Gasteiger charge is 2.22. The number of methoxy groups -OCH3 is 1. The molecule has 11 heteroatoms. The van der Waals surface area contributed by atoms with Crippen LogP contribution in [0, 0.1) is 17.0 Å². The zero-order chi connectivity index (χ0) is 24.4. The van der Waals surface area contributed by atoms with Gasteiger partial charge in [0.15, 0.2) is 0 Å². The number of nitro benzene ring substituents is 1. The average Bonchev–Trinajstić information content (AvgIpc) is 2.78. The molecule has 0 atom stereocenters. The minimum Gasteiger partial charge on any atom is -0.385 e. The van der Waals surface area contributed by atoms with Gasteiger partial charge >= 0.3 is 0 Å². The van der Waals surface area contributed by atoms with E-state index in [4.69, 9.17) is 16.3 Å². The Morgan fingerprint density at radius 2 is 1.82 bits per heavy atom. The molecule has 0 radical (unpaired) electrons. The maximum atomic E-state index is 13.0. The van der Waals surface area contributed by atoms with Crippen molar-refractivity contribution in [1.29, 1.82) is 0 Å². The predicted molar refractivity (Wildman–Crippen MR) is 123 cm³/mol. The predicted octanol–water partition coefficient (Wildman–Crippen LogP) is 2.79. The maximum Gasteiger partial charge on any atom is 0.270 e. The van der Waals surface area contributed by atoms with Gasteiger partial charge in [-0.2, -0.15) is 0 Å². The van der Waals surface area contributed by atoms with Crippen molar-refractivity contribution in [2.75, 3.05) is 38.7 Å². The Bertz CT molecular complexity index is 1010. The third-order valence-electron chi connectivity index (χ3n) is 4.57. The van der Waals surface area contributed by atoms with Crippen molar-refractivity contribution in [2.45, 2.75) is 13.3 Å². The molecule has 0 spiro atoms. The van der Waals surface area contributed by atoms with Crippen LogP contribution in [-0.2, 0) is 14.3 Å². The highest BCUT2D eigenvalue weighted by atomic mass is 35.5. The number of benzene rings is 2. The standard InChI is InChI=1S/C22H25ClN4O6/c1-15-4-6-16(7-5-15)25-20(28)13-24-21(29)14-26(10-3-11-33-2)22(30)18-9-8-17(27(31)32)12-19(18)23/h4-9,12H,3,10-11,13-14H2,1-2H3,(H,24,29)(H,25,28). The minimum absolute atomic E-state index is 0.0320. The first kappa shape index (κ1) is 25.8. The first-order valence-corrected chi connectivity index (χ1v) is 10.4. The molecule has 0 aliphatic heterocycles. The number of ether oxygens (including phenoxy) is 1. The molecule has 0 saturated heterocycles. The number of aryl methyl sites for hydroxylation is 1. The van der Waals surface area contributed by atoms with Crippen LogP contribution in [0.3, 0.4) is 0 Å². The molecule has 2 aromatic rings. The topological polar surface area (TPSA) is 131 Å². The van der Waals surface area contributed by atoms with Crippen LogP contribution in [0.4, 0.5) is 11.4 Å². The van der Waals surface area contributed by atoms with Crippen molar-refractivity contribution in [3.05, 3.63) is 68.7 Å². The Morgan fingerprint density at radius 1 is 1.12 bits per heavy atom. The number of halogens is 1. The summed E-state index contributed by atoms with van der Waals surface area (Å²) in [5.41, 5.74) is 1.43. The molecule has 0 aliphatic carbocycles. The van der Waals surface area contributed by atoms with Crippen molar-refractivity contribution >= 4 is 40.7 Å². The van der Waals surface area contributed by atoms with E-state index in [9.17, 15) is 24.5 Å². The second-order valence-corrected chi connectivity index (χ2v) is 7.59.